The van der Waals surface area contributed by atoms with Crippen LogP contribution in [0.2, 0.25) is 0 Å². The molecule has 0 aliphatic heterocycles. The number of ketones is 1. The Morgan fingerprint density at radius 1 is 1.09 bits per heavy atom. The minimum Gasteiger partial charge on any atom is -0.299 e. The average molecular weight is 328 g/mol. The first-order valence-electron chi connectivity index (χ1n) is 8.14. The van der Waals surface area contributed by atoms with Gasteiger partial charge in [0, 0.05) is 22.1 Å². The van der Waals surface area contributed by atoms with Gasteiger partial charge in [-0.2, -0.15) is 0 Å². The molecule has 3 heteroatoms. The van der Waals surface area contributed by atoms with Crippen molar-refractivity contribution in [2.75, 3.05) is 0 Å². The predicted octanol–water partition coefficient (Wildman–Crippen LogP) is 5.02. The quantitative estimate of drug-likeness (QED) is 0.715. The van der Waals surface area contributed by atoms with Crippen LogP contribution in [-0.4, -0.2) is 9.99 Å². The van der Waals surface area contributed by atoms with Crippen LogP contribution >= 0.6 is 0 Å². The zero-order valence-electron chi connectivity index (χ0n) is 14.0. The number of carbonyl (C=O) groups is 1. The van der Waals surface area contributed by atoms with Crippen LogP contribution in [0.1, 0.15) is 50.2 Å². The largest absolute Gasteiger partial charge is 0.299 e. The van der Waals surface area contributed by atoms with Crippen LogP contribution in [0.25, 0.3) is 0 Å². The van der Waals surface area contributed by atoms with E-state index >= 15 is 0 Å². The third kappa shape index (κ3) is 4.38. The van der Waals surface area contributed by atoms with E-state index in [1.807, 2.05) is 62.4 Å². The van der Waals surface area contributed by atoms with E-state index in [0.29, 0.717) is 6.42 Å². The highest BCUT2D eigenvalue weighted by molar-refractivity contribution is 7.85. The zero-order valence-corrected chi connectivity index (χ0v) is 14.9. The van der Waals surface area contributed by atoms with Gasteiger partial charge < -0.3 is 0 Å². The van der Waals surface area contributed by atoms with Gasteiger partial charge in [0.2, 0.25) is 0 Å². The maximum absolute atomic E-state index is 12.9. The van der Waals surface area contributed by atoms with E-state index in [-0.39, 0.29) is 11.7 Å². The van der Waals surface area contributed by atoms with Crippen molar-refractivity contribution < 1.29 is 9.00 Å². The van der Waals surface area contributed by atoms with Gasteiger partial charge in [0.15, 0.2) is 0 Å². The van der Waals surface area contributed by atoms with Gasteiger partial charge in [0.1, 0.15) is 5.78 Å². The minimum absolute atomic E-state index is 0.216. The van der Waals surface area contributed by atoms with Crippen LogP contribution in [-0.2, 0) is 15.6 Å². The second kappa shape index (κ2) is 8.21. The monoisotopic (exact) mass is 328 g/mol. The summed E-state index contributed by atoms with van der Waals surface area (Å²) in [7, 11) is -1.26. The van der Waals surface area contributed by atoms with Gasteiger partial charge in [0.25, 0.3) is 0 Å². The highest BCUT2D eigenvalue weighted by Gasteiger charge is 2.20. The summed E-state index contributed by atoms with van der Waals surface area (Å²) in [5, 5.41) is 0. The molecule has 0 radical (unpaired) electrons. The molecule has 23 heavy (non-hydrogen) atoms. The normalized spacial score (nSPS) is 13.5. The van der Waals surface area contributed by atoms with E-state index in [1.165, 1.54) is 0 Å². The molecule has 0 spiro atoms. The summed E-state index contributed by atoms with van der Waals surface area (Å²) in [6.45, 7) is 6.01. The SMILES string of the molecule is CCCCC(=O)[C@@H](C)c1ccccc1[S@@](=O)c1ccc(C)cc1. The Morgan fingerprint density at radius 2 is 1.74 bits per heavy atom. The van der Waals surface area contributed by atoms with E-state index in [1.54, 1.807) is 0 Å². The number of rotatable bonds is 7. The molecule has 0 aliphatic rings. The Hall–Kier alpha value is -1.74. The molecular weight excluding hydrogens is 304 g/mol. The molecule has 2 nitrogen and oxygen atoms in total. The molecule has 2 rings (SSSR count). The van der Waals surface area contributed by atoms with E-state index in [0.717, 1.165) is 33.8 Å². The first kappa shape index (κ1) is 17.6. The molecule has 2 aromatic rings. The maximum atomic E-state index is 12.9. The number of Topliss-reactive ketones (excluding diaryl/α,β-unsaturated/α-hetero) is 1. The molecule has 0 saturated heterocycles. The molecule has 0 saturated carbocycles. The Morgan fingerprint density at radius 3 is 2.39 bits per heavy atom. The molecule has 0 N–H and O–H groups in total. The molecule has 0 heterocycles. The Balaban J connectivity index is 2.31. The maximum Gasteiger partial charge on any atom is 0.140 e. The molecule has 0 bridgehead atoms. The summed E-state index contributed by atoms with van der Waals surface area (Å²) in [5.41, 5.74) is 2.02. The van der Waals surface area contributed by atoms with Crippen molar-refractivity contribution >= 4 is 16.6 Å². The third-order valence-electron chi connectivity index (χ3n) is 4.08. The zero-order chi connectivity index (χ0) is 16.8. The smallest absolute Gasteiger partial charge is 0.140 e. The number of aryl methyl sites for hydroxylation is 1. The Kier molecular flexibility index (Phi) is 6.28. The van der Waals surface area contributed by atoms with Gasteiger partial charge in [-0.25, -0.2) is 4.21 Å². The summed E-state index contributed by atoms with van der Waals surface area (Å²) in [6.07, 6.45) is 2.50. The average Bonchev–Trinajstić information content (AvgIpc) is 2.59. The van der Waals surface area contributed by atoms with Crippen LogP contribution in [0.3, 0.4) is 0 Å². The van der Waals surface area contributed by atoms with E-state index < -0.39 is 10.8 Å². The number of carbonyl (C=O) groups excluding carboxylic acids is 1. The highest BCUT2D eigenvalue weighted by atomic mass is 32.2. The highest BCUT2D eigenvalue weighted by Crippen LogP contribution is 2.28. The van der Waals surface area contributed by atoms with Crippen LogP contribution in [0.4, 0.5) is 0 Å². The number of unbranched alkanes of at least 4 members (excludes halogenated alkanes) is 1. The Labute approximate surface area is 141 Å². The second-order valence-corrected chi connectivity index (χ2v) is 7.36. The second-order valence-electron chi connectivity index (χ2n) is 5.91. The minimum atomic E-state index is -1.26. The van der Waals surface area contributed by atoms with Crippen LogP contribution in [0, 0.1) is 6.92 Å². The molecule has 2 aromatic carbocycles. The van der Waals surface area contributed by atoms with Crippen molar-refractivity contribution in [3.05, 3.63) is 59.7 Å². The lowest BCUT2D eigenvalue weighted by atomic mass is 9.94. The van der Waals surface area contributed by atoms with Crippen LogP contribution < -0.4 is 0 Å². The van der Waals surface area contributed by atoms with Crippen LogP contribution in [0.15, 0.2) is 58.3 Å². The van der Waals surface area contributed by atoms with E-state index in [9.17, 15) is 9.00 Å². The topological polar surface area (TPSA) is 34.1 Å². The standard InChI is InChI=1S/C20H24O2S/c1-4-5-9-19(21)16(3)18-8-6-7-10-20(18)23(22)17-13-11-15(2)12-14-17/h6-8,10-14,16H,4-5,9H2,1-3H3/t16-,23-/m0/s1. The van der Waals surface area contributed by atoms with Crippen LogP contribution in [0.5, 0.6) is 0 Å². The fourth-order valence-corrected chi connectivity index (χ4v) is 3.84. The van der Waals surface area contributed by atoms with Gasteiger partial charge in [-0.1, -0.05) is 56.2 Å². The van der Waals surface area contributed by atoms with Crippen molar-refractivity contribution in [2.24, 2.45) is 0 Å². The lowest BCUT2D eigenvalue weighted by molar-refractivity contribution is -0.120. The van der Waals surface area contributed by atoms with Crippen molar-refractivity contribution in [1.29, 1.82) is 0 Å². The molecule has 0 unspecified atom stereocenters. The predicted molar refractivity (Wildman–Crippen MR) is 95.2 cm³/mol. The molecular formula is C20H24O2S. The summed E-state index contributed by atoms with van der Waals surface area (Å²) < 4.78 is 12.9. The number of hydrogen-bond donors (Lipinski definition) is 0. The van der Waals surface area contributed by atoms with Crippen molar-refractivity contribution in [3.63, 3.8) is 0 Å². The lowest BCUT2D eigenvalue weighted by Crippen LogP contribution is -2.11. The first-order valence-corrected chi connectivity index (χ1v) is 9.29. The fraction of sp³-hybridized carbons (Fsp3) is 0.350. The van der Waals surface area contributed by atoms with E-state index in [2.05, 4.69) is 6.92 Å². The summed E-state index contributed by atoms with van der Waals surface area (Å²) in [4.78, 5) is 13.9. The van der Waals surface area contributed by atoms with Gasteiger partial charge >= 0.3 is 0 Å². The molecule has 0 fully saturated rings. The van der Waals surface area contributed by atoms with Gasteiger partial charge in [0.05, 0.1) is 10.8 Å². The molecule has 0 aliphatic carbocycles. The third-order valence-corrected chi connectivity index (χ3v) is 5.55. The summed E-state index contributed by atoms with van der Waals surface area (Å²) in [6, 6.07) is 15.3. The van der Waals surface area contributed by atoms with E-state index in [4.69, 9.17) is 0 Å². The summed E-state index contributed by atoms with van der Waals surface area (Å²) in [5.74, 6) is 0.00681. The first-order chi connectivity index (χ1) is 11.0. The molecule has 0 aromatic heterocycles. The Bertz CT molecular complexity index is 689. The lowest BCUT2D eigenvalue weighted by Gasteiger charge is -2.15. The fourth-order valence-electron chi connectivity index (χ4n) is 2.54. The number of benzene rings is 2. The molecule has 122 valence electrons. The molecule has 2 atom stereocenters. The molecule has 0 amide bonds. The van der Waals surface area contributed by atoms with Crippen molar-refractivity contribution in [3.8, 4) is 0 Å². The van der Waals surface area contributed by atoms with Crippen molar-refractivity contribution in [2.45, 2.75) is 55.7 Å². The van der Waals surface area contributed by atoms with Gasteiger partial charge in [-0.05, 0) is 37.1 Å². The van der Waals surface area contributed by atoms with Gasteiger partial charge in [-0.15, -0.1) is 0 Å². The van der Waals surface area contributed by atoms with Crippen molar-refractivity contribution in [1.82, 2.24) is 0 Å². The van der Waals surface area contributed by atoms with Gasteiger partial charge in [-0.3, -0.25) is 4.79 Å². The summed E-state index contributed by atoms with van der Waals surface area (Å²) >= 11 is 0. The number of hydrogen-bond acceptors (Lipinski definition) is 2.